The van der Waals surface area contributed by atoms with E-state index in [1.165, 1.54) is 7.11 Å². The van der Waals surface area contributed by atoms with Crippen LogP contribution < -0.4 is 0 Å². The van der Waals surface area contributed by atoms with Gasteiger partial charge < -0.3 is 44.5 Å². The Balaban J connectivity index is 2.14. The Bertz CT molecular complexity index is 427. The van der Waals surface area contributed by atoms with Gasteiger partial charge in [0, 0.05) is 18.8 Å². The molecule has 0 radical (unpaired) electrons. The maximum Gasteiger partial charge on any atom is 0.187 e. The first-order valence-corrected chi connectivity index (χ1v) is 9.91. The molecule has 2 rings (SSSR count). The highest BCUT2D eigenvalue weighted by Crippen LogP contribution is 2.32. The minimum Gasteiger partial charge on any atom is -0.394 e. The van der Waals surface area contributed by atoms with Gasteiger partial charge in [-0.25, -0.2) is 0 Å². The van der Waals surface area contributed by atoms with Gasteiger partial charge in [0.05, 0.1) is 24.9 Å². The Morgan fingerprint density at radius 3 is 2.12 bits per heavy atom. The van der Waals surface area contributed by atoms with Crippen LogP contribution in [0.25, 0.3) is 0 Å². The molecule has 2 saturated heterocycles. The van der Waals surface area contributed by atoms with Gasteiger partial charge in [0.15, 0.2) is 12.6 Å². The van der Waals surface area contributed by atoms with E-state index in [4.69, 9.17) is 18.9 Å². The Hall–Kier alpha value is -0.0100. The summed E-state index contributed by atoms with van der Waals surface area (Å²) in [7, 11) is 1.36. The molecule has 10 heteroatoms. The van der Waals surface area contributed by atoms with Gasteiger partial charge in [-0.05, 0) is 5.75 Å². The maximum absolute atomic E-state index is 10.5. The van der Waals surface area contributed by atoms with Crippen molar-refractivity contribution in [2.75, 3.05) is 25.2 Å². The van der Waals surface area contributed by atoms with E-state index in [1.54, 1.807) is 18.7 Å². The lowest BCUT2D eigenvalue weighted by Crippen LogP contribution is -2.63. The predicted molar refractivity (Wildman–Crippen MR) is 92.5 cm³/mol. The summed E-state index contributed by atoms with van der Waals surface area (Å²) in [6.45, 7) is 3.27. The van der Waals surface area contributed by atoms with Crippen molar-refractivity contribution in [3.63, 3.8) is 0 Å². The zero-order chi connectivity index (χ0) is 19.4. The van der Waals surface area contributed by atoms with E-state index in [9.17, 15) is 25.5 Å². The fourth-order valence-corrected chi connectivity index (χ4v) is 3.92. The second-order valence-corrected chi connectivity index (χ2v) is 7.90. The van der Waals surface area contributed by atoms with Crippen LogP contribution in [0.15, 0.2) is 0 Å². The third-order valence-electron chi connectivity index (χ3n) is 4.89. The van der Waals surface area contributed by atoms with E-state index in [0.717, 1.165) is 5.75 Å². The molecule has 0 aromatic heterocycles. The van der Waals surface area contributed by atoms with Crippen molar-refractivity contribution in [2.24, 2.45) is 5.92 Å². The molecule has 2 fully saturated rings. The molecule has 10 unspecified atom stereocenters. The van der Waals surface area contributed by atoms with E-state index < -0.39 is 61.2 Å². The van der Waals surface area contributed by atoms with E-state index in [-0.39, 0.29) is 6.61 Å². The zero-order valence-electron chi connectivity index (χ0n) is 15.2. The molecule has 10 atom stereocenters. The van der Waals surface area contributed by atoms with Gasteiger partial charge in [-0.2, -0.15) is 11.8 Å². The zero-order valence-corrected chi connectivity index (χ0v) is 16.0. The first-order valence-electron chi connectivity index (χ1n) is 8.75. The van der Waals surface area contributed by atoms with E-state index in [0.29, 0.717) is 5.75 Å². The largest absolute Gasteiger partial charge is 0.394 e. The predicted octanol–water partition coefficient (Wildman–Crippen LogP) is -1.71. The Morgan fingerprint density at radius 2 is 1.54 bits per heavy atom. The number of hydrogen-bond donors (Lipinski definition) is 5. The SMILES string of the molecule is CCSCC1OC(OC)C(O)C(O)C1OC1OC(CO)C(C)C(O)C1O. The van der Waals surface area contributed by atoms with Crippen molar-refractivity contribution < 1.29 is 44.5 Å². The van der Waals surface area contributed by atoms with Crippen molar-refractivity contribution in [3.8, 4) is 0 Å². The highest BCUT2D eigenvalue weighted by molar-refractivity contribution is 7.99. The lowest BCUT2D eigenvalue weighted by Gasteiger charge is -2.46. The van der Waals surface area contributed by atoms with E-state index in [1.807, 2.05) is 6.92 Å². The minimum absolute atomic E-state index is 0.349. The van der Waals surface area contributed by atoms with Crippen LogP contribution in [0, 0.1) is 5.92 Å². The van der Waals surface area contributed by atoms with Crippen LogP contribution >= 0.6 is 11.8 Å². The molecule has 0 aliphatic carbocycles. The van der Waals surface area contributed by atoms with Crippen molar-refractivity contribution in [1.82, 2.24) is 0 Å². The smallest absolute Gasteiger partial charge is 0.187 e. The fraction of sp³-hybridized carbons (Fsp3) is 1.00. The summed E-state index contributed by atoms with van der Waals surface area (Å²) in [6, 6.07) is 0. The highest BCUT2D eigenvalue weighted by atomic mass is 32.2. The Kier molecular flexibility index (Phi) is 8.54. The molecule has 2 aliphatic heterocycles. The number of hydrogen-bond acceptors (Lipinski definition) is 10. The van der Waals surface area contributed by atoms with Crippen LogP contribution in [0.1, 0.15) is 13.8 Å². The minimum atomic E-state index is -1.36. The lowest BCUT2D eigenvalue weighted by molar-refractivity contribution is -0.348. The van der Waals surface area contributed by atoms with Crippen LogP contribution in [0.2, 0.25) is 0 Å². The van der Waals surface area contributed by atoms with Gasteiger partial charge in [-0.15, -0.1) is 0 Å². The second-order valence-electron chi connectivity index (χ2n) is 6.59. The number of aliphatic hydroxyl groups excluding tert-OH is 5. The average molecular weight is 398 g/mol. The van der Waals surface area contributed by atoms with E-state index in [2.05, 4.69) is 0 Å². The highest BCUT2D eigenvalue weighted by Gasteiger charge is 2.49. The van der Waals surface area contributed by atoms with Crippen molar-refractivity contribution in [2.45, 2.75) is 69.2 Å². The standard InChI is InChI=1S/C16H30O9S/c1-4-26-6-9-14(11(19)13(21)15(22-3)24-9)25-16-12(20)10(18)7(2)8(5-17)23-16/h7-21H,4-6H2,1-3H3. The maximum atomic E-state index is 10.5. The number of ether oxygens (including phenoxy) is 4. The summed E-state index contributed by atoms with van der Waals surface area (Å²) >= 11 is 1.56. The molecule has 0 bridgehead atoms. The van der Waals surface area contributed by atoms with Gasteiger partial charge in [-0.3, -0.25) is 0 Å². The van der Waals surface area contributed by atoms with Crippen LogP contribution in [0.3, 0.4) is 0 Å². The summed E-state index contributed by atoms with van der Waals surface area (Å²) in [6.07, 6.45) is -9.83. The van der Waals surface area contributed by atoms with Gasteiger partial charge in [0.25, 0.3) is 0 Å². The van der Waals surface area contributed by atoms with E-state index >= 15 is 0 Å². The molecule has 26 heavy (non-hydrogen) atoms. The van der Waals surface area contributed by atoms with Crippen LogP contribution in [-0.2, 0) is 18.9 Å². The monoisotopic (exact) mass is 398 g/mol. The summed E-state index contributed by atoms with van der Waals surface area (Å²) in [5, 5.41) is 50.5. The Morgan fingerprint density at radius 1 is 0.923 bits per heavy atom. The third-order valence-corrected chi connectivity index (χ3v) is 5.87. The molecule has 5 N–H and O–H groups in total. The molecule has 0 amide bonds. The summed E-state index contributed by atoms with van der Waals surface area (Å²) in [4.78, 5) is 0. The van der Waals surface area contributed by atoms with Gasteiger partial charge in [0.1, 0.15) is 24.4 Å². The molecule has 0 aromatic carbocycles. The number of rotatable bonds is 7. The number of aliphatic hydroxyl groups is 5. The molecule has 154 valence electrons. The average Bonchev–Trinajstić information content (AvgIpc) is 2.64. The second kappa shape index (κ2) is 9.97. The molecule has 0 spiro atoms. The van der Waals surface area contributed by atoms with Gasteiger partial charge >= 0.3 is 0 Å². The lowest BCUT2D eigenvalue weighted by atomic mass is 9.91. The topological polar surface area (TPSA) is 138 Å². The number of thioether (sulfide) groups is 1. The molecule has 0 aromatic rings. The normalized spacial score (nSPS) is 47.1. The van der Waals surface area contributed by atoms with Crippen molar-refractivity contribution in [3.05, 3.63) is 0 Å². The van der Waals surface area contributed by atoms with Gasteiger partial charge in [-0.1, -0.05) is 13.8 Å². The van der Waals surface area contributed by atoms with Crippen LogP contribution in [0.5, 0.6) is 0 Å². The van der Waals surface area contributed by atoms with Gasteiger partial charge in [0.2, 0.25) is 0 Å². The summed E-state index contributed by atoms with van der Waals surface area (Å²) in [5.74, 6) is 0.793. The first-order chi connectivity index (χ1) is 12.3. The molecule has 0 saturated carbocycles. The fourth-order valence-electron chi connectivity index (χ4n) is 3.18. The summed E-state index contributed by atoms with van der Waals surface area (Å²) in [5.41, 5.74) is 0. The molecule has 9 nitrogen and oxygen atoms in total. The Labute approximate surface area is 157 Å². The molecular weight excluding hydrogens is 368 g/mol. The molecule has 2 heterocycles. The summed E-state index contributed by atoms with van der Waals surface area (Å²) < 4.78 is 22.0. The quantitative estimate of drug-likeness (QED) is 0.337. The van der Waals surface area contributed by atoms with Crippen molar-refractivity contribution in [1.29, 1.82) is 0 Å². The van der Waals surface area contributed by atoms with Crippen molar-refractivity contribution >= 4 is 11.8 Å². The molecule has 2 aliphatic rings. The first kappa shape index (κ1) is 22.3. The third kappa shape index (κ3) is 4.69. The van der Waals surface area contributed by atoms with Crippen LogP contribution in [-0.4, -0.2) is 106 Å². The number of methoxy groups -OCH3 is 1. The molecular formula is C16H30O9S. The van der Waals surface area contributed by atoms with Crippen LogP contribution in [0.4, 0.5) is 0 Å².